The number of para-hydroxylation sites is 1. The van der Waals surface area contributed by atoms with E-state index in [1.54, 1.807) is 0 Å². The molecule has 0 N–H and O–H groups in total. The Morgan fingerprint density at radius 1 is 1.25 bits per heavy atom. The molecule has 1 aromatic rings. The predicted molar refractivity (Wildman–Crippen MR) is 68.2 cm³/mol. The van der Waals surface area contributed by atoms with E-state index in [-0.39, 0.29) is 5.60 Å². The van der Waals surface area contributed by atoms with E-state index >= 15 is 0 Å². The van der Waals surface area contributed by atoms with E-state index in [0.717, 1.165) is 28.8 Å². The number of hydrogen-bond acceptors (Lipinski definition) is 2. The Kier molecular flexibility index (Phi) is 3.15. The van der Waals surface area contributed by atoms with E-state index in [0.29, 0.717) is 6.10 Å². The third-order valence-corrected chi connectivity index (χ3v) is 2.78. The van der Waals surface area contributed by atoms with Crippen molar-refractivity contribution < 1.29 is 9.47 Å². The summed E-state index contributed by atoms with van der Waals surface area (Å²) in [6, 6.07) is 5.91. The second-order valence-electron chi connectivity index (χ2n) is 5.10. The molecule has 2 rings (SSSR count). The Bertz CT molecular complexity index is 378. The van der Waals surface area contributed by atoms with Gasteiger partial charge in [-0.3, -0.25) is 0 Å². The summed E-state index contributed by atoms with van der Waals surface area (Å²) in [6.07, 6.45) is 2.69. The van der Waals surface area contributed by atoms with Gasteiger partial charge in [-0.1, -0.05) is 6.07 Å². The molecule has 88 valence electrons. The van der Waals surface area contributed by atoms with Gasteiger partial charge in [0.2, 0.25) is 0 Å². The largest absolute Gasteiger partial charge is 0.486 e. The Hall–Kier alpha value is -0.700. The van der Waals surface area contributed by atoms with Crippen molar-refractivity contribution in [1.82, 2.24) is 0 Å². The average molecular weight is 285 g/mol. The third-order valence-electron chi connectivity index (χ3n) is 2.16. The van der Waals surface area contributed by atoms with E-state index in [1.807, 2.05) is 39.0 Å². The first-order chi connectivity index (χ1) is 7.46. The van der Waals surface area contributed by atoms with Crippen molar-refractivity contribution in [2.24, 2.45) is 0 Å². The van der Waals surface area contributed by atoms with Gasteiger partial charge in [-0.15, -0.1) is 0 Å². The molecule has 0 saturated heterocycles. The van der Waals surface area contributed by atoms with Crippen LogP contribution in [-0.2, 0) is 0 Å². The Morgan fingerprint density at radius 3 is 2.50 bits per heavy atom. The summed E-state index contributed by atoms with van der Waals surface area (Å²) in [5.74, 6) is 1.65. The van der Waals surface area contributed by atoms with Crippen LogP contribution < -0.4 is 9.47 Å². The van der Waals surface area contributed by atoms with Gasteiger partial charge in [0.15, 0.2) is 11.5 Å². The summed E-state index contributed by atoms with van der Waals surface area (Å²) in [5, 5.41) is 0. The smallest absolute Gasteiger partial charge is 0.176 e. The fourth-order valence-corrected chi connectivity index (χ4v) is 1.78. The lowest BCUT2D eigenvalue weighted by molar-refractivity contribution is 0.121. The molecule has 0 amide bonds. The number of rotatable bonds is 3. The Morgan fingerprint density at radius 2 is 1.94 bits per heavy atom. The molecule has 0 spiro atoms. The summed E-state index contributed by atoms with van der Waals surface area (Å²) in [7, 11) is 0. The maximum atomic E-state index is 5.92. The minimum absolute atomic E-state index is 0.217. The van der Waals surface area contributed by atoms with E-state index in [4.69, 9.17) is 9.47 Å². The average Bonchev–Trinajstić information content (AvgIpc) is 2.93. The van der Waals surface area contributed by atoms with Gasteiger partial charge in [0, 0.05) is 0 Å². The van der Waals surface area contributed by atoms with Crippen LogP contribution in [0.4, 0.5) is 0 Å². The minimum Gasteiger partial charge on any atom is -0.486 e. The molecule has 0 heterocycles. The second-order valence-corrected chi connectivity index (χ2v) is 5.95. The topological polar surface area (TPSA) is 18.5 Å². The minimum atomic E-state index is -0.217. The fraction of sp³-hybridized carbons (Fsp3) is 0.538. The molecule has 1 aliphatic carbocycles. The standard InChI is InChI=1S/C13H17BrO2/c1-13(2,3)16-12-10(14)5-4-6-11(12)15-9-7-8-9/h4-6,9H,7-8H2,1-3H3. The van der Waals surface area contributed by atoms with Gasteiger partial charge in [0.05, 0.1) is 10.6 Å². The SMILES string of the molecule is CC(C)(C)Oc1c(Br)cccc1OC1CC1. The molecule has 3 heteroatoms. The molecule has 0 bridgehead atoms. The lowest BCUT2D eigenvalue weighted by Crippen LogP contribution is -2.23. The quantitative estimate of drug-likeness (QED) is 0.830. The van der Waals surface area contributed by atoms with Crippen LogP contribution in [0.3, 0.4) is 0 Å². The first kappa shape index (κ1) is 11.8. The van der Waals surface area contributed by atoms with Gasteiger partial charge in [-0.25, -0.2) is 0 Å². The van der Waals surface area contributed by atoms with Crippen LogP contribution in [0.15, 0.2) is 22.7 Å². The Balaban J connectivity index is 2.24. The fourth-order valence-electron chi connectivity index (χ4n) is 1.35. The summed E-state index contributed by atoms with van der Waals surface area (Å²) >= 11 is 3.51. The van der Waals surface area contributed by atoms with Gasteiger partial charge >= 0.3 is 0 Å². The van der Waals surface area contributed by atoms with Crippen molar-refractivity contribution in [2.75, 3.05) is 0 Å². The van der Waals surface area contributed by atoms with Crippen molar-refractivity contribution in [1.29, 1.82) is 0 Å². The molecule has 1 aliphatic rings. The second kappa shape index (κ2) is 4.28. The van der Waals surface area contributed by atoms with Crippen molar-refractivity contribution >= 4 is 15.9 Å². The molecule has 2 nitrogen and oxygen atoms in total. The zero-order valence-corrected chi connectivity index (χ0v) is 11.5. The zero-order chi connectivity index (χ0) is 11.8. The molecular weight excluding hydrogens is 268 g/mol. The van der Waals surface area contributed by atoms with Gasteiger partial charge in [0.1, 0.15) is 5.60 Å². The first-order valence-corrected chi connectivity index (χ1v) is 6.39. The normalized spacial score (nSPS) is 16.0. The number of ether oxygens (including phenoxy) is 2. The molecule has 16 heavy (non-hydrogen) atoms. The summed E-state index contributed by atoms with van der Waals surface area (Å²) in [6.45, 7) is 6.11. The van der Waals surface area contributed by atoms with Crippen LogP contribution in [0.5, 0.6) is 11.5 Å². The monoisotopic (exact) mass is 284 g/mol. The third kappa shape index (κ3) is 3.14. The highest BCUT2D eigenvalue weighted by atomic mass is 79.9. The molecule has 0 aliphatic heterocycles. The Labute approximate surface area is 105 Å². The van der Waals surface area contributed by atoms with Gasteiger partial charge in [-0.05, 0) is 61.7 Å². The summed E-state index contributed by atoms with van der Waals surface area (Å²) in [4.78, 5) is 0. The van der Waals surface area contributed by atoms with E-state index in [2.05, 4.69) is 15.9 Å². The van der Waals surface area contributed by atoms with E-state index in [1.165, 1.54) is 0 Å². The summed E-state index contributed by atoms with van der Waals surface area (Å²) < 4.78 is 12.7. The van der Waals surface area contributed by atoms with Crippen molar-refractivity contribution in [2.45, 2.75) is 45.3 Å². The van der Waals surface area contributed by atoms with Gasteiger partial charge in [0.25, 0.3) is 0 Å². The van der Waals surface area contributed by atoms with Crippen molar-refractivity contribution in [3.8, 4) is 11.5 Å². The van der Waals surface area contributed by atoms with Crippen molar-refractivity contribution in [3.05, 3.63) is 22.7 Å². The van der Waals surface area contributed by atoms with Crippen LogP contribution in [0.25, 0.3) is 0 Å². The summed E-state index contributed by atoms with van der Waals surface area (Å²) in [5.41, 5.74) is -0.217. The van der Waals surface area contributed by atoms with Crippen molar-refractivity contribution in [3.63, 3.8) is 0 Å². The molecule has 0 unspecified atom stereocenters. The maximum Gasteiger partial charge on any atom is 0.176 e. The molecule has 0 radical (unpaired) electrons. The van der Waals surface area contributed by atoms with Crippen LogP contribution >= 0.6 is 15.9 Å². The molecular formula is C13H17BrO2. The molecule has 0 aromatic heterocycles. The lowest BCUT2D eigenvalue weighted by Gasteiger charge is -2.24. The molecule has 1 saturated carbocycles. The van der Waals surface area contributed by atoms with Gasteiger partial charge in [-0.2, -0.15) is 0 Å². The number of hydrogen-bond donors (Lipinski definition) is 0. The maximum absolute atomic E-state index is 5.92. The molecule has 0 atom stereocenters. The lowest BCUT2D eigenvalue weighted by atomic mass is 10.2. The predicted octanol–water partition coefficient (Wildman–Crippen LogP) is 4.17. The van der Waals surface area contributed by atoms with Crippen LogP contribution in [-0.4, -0.2) is 11.7 Å². The number of halogens is 1. The first-order valence-electron chi connectivity index (χ1n) is 5.60. The molecule has 1 fully saturated rings. The highest BCUT2D eigenvalue weighted by Gasteiger charge is 2.26. The number of benzene rings is 1. The zero-order valence-electron chi connectivity index (χ0n) is 9.92. The van der Waals surface area contributed by atoms with E-state index < -0.39 is 0 Å². The van der Waals surface area contributed by atoms with Gasteiger partial charge < -0.3 is 9.47 Å². The highest BCUT2D eigenvalue weighted by Crippen LogP contribution is 2.40. The van der Waals surface area contributed by atoms with E-state index in [9.17, 15) is 0 Å². The van der Waals surface area contributed by atoms with Crippen LogP contribution in [0, 0.1) is 0 Å². The van der Waals surface area contributed by atoms with Crippen LogP contribution in [0.2, 0.25) is 0 Å². The molecule has 1 aromatic carbocycles. The van der Waals surface area contributed by atoms with Crippen LogP contribution in [0.1, 0.15) is 33.6 Å². The highest BCUT2D eigenvalue weighted by molar-refractivity contribution is 9.10.